The van der Waals surface area contributed by atoms with Gasteiger partial charge in [0.2, 0.25) is 11.8 Å². The molecule has 104 valence electrons. The van der Waals surface area contributed by atoms with Crippen molar-refractivity contribution >= 4 is 11.8 Å². The minimum Gasteiger partial charge on any atom is -0.374 e. The molecule has 0 aliphatic carbocycles. The number of carbonyl (C=O) groups excluding carboxylic acids is 2. The molecule has 1 atom stereocenters. The van der Waals surface area contributed by atoms with Gasteiger partial charge >= 0.3 is 0 Å². The second-order valence-electron chi connectivity index (χ2n) is 4.43. The van der Waals surface area contributed by atoms with Gasteiger partial charge in [-0.1, -0.05) is 6.92 Å². The molecule has 1 aliphatic heterocycles. The molecule has 1 unspecified atom stereocenters. The Morgan fingerprint density at radius 3 is 2.72 bits per heavy atom. The summed E-state index contributed by atoms with van der Waals surface area (Å²) in [6.45, 7) is 2.90. The van der Waals surface area contributed by atoms with Crippen LogP contribution in [0.1, 0.15) is 20.3 Å². The van der Waals surface area contributed by atoms with Crippen LogP contribution in [0, 0.1) is 0 Å². The molecule has 0 saturated carbocycles. The quantitative estimate of drug-likeness (QED) is 0.706. The van der Waals surface area contributed by atoms with Crippen molar-refractivity contribution in [2.75, 3.05) is 26.3 Å². The second kappa shape index (κ2) is 6.08. The van der Waals surface area contributed by atoms with Gasteiger partial charge in [-0.25, -0.2) is 8.78 Å². The summed E-state index contributed by atoms with van der Waals surface area (Å²) in [6.07, 6.45) is -2.04. The number of nitrogens with one attached hydrogen (secondary N) is 1. The van der Waals surface area contributed by atoms with Gasteiger partial charge in [0, 0.05) is 6.54 Å². The van der Waals surface area contributed by atoms with Crippen LogP contribution in [-0.4, -0.2) is 55.0 Å². The van der Waals surface area contributed by atoms with Crippen molar-refractivity contribution in [3.63, 3.8) is 0 Å². The molecular weight excluding hydrogens is 246 g/mol. The predicted octanol–water partition coefficient (Wildman–Crippen LogP) is 0.395. The molecule has 1 aliphatic rings. The van der Waals surface area contributed by atoms with Crippen molar-refractivity contribution < 1.29 is 23.1 Å². The van der Waals surface area contributed by atoms with Crippen LogP contribution in [0.25, 0.3) is 0 Å². The van der Waals surface area contributed by atoms with Crippen LogP contribution >= 0.6 is 0 Å². The molecule has 0 radical (unpaired) electrons. The average Bonchev–Trinajstić information content (AvgIpc) is 2.30. The molecule has 0 spiro atoms. The number of carbonyl (C=O) groups is 2. The minimum absolute atomic E-state index is 0.00313. The zero-order chi connectivity index (χ0) is 13.8. The maximum Gasteiger partial charge on any atom is 0.261 e. The lowest BCUT2D eigenvalue weighted by atomic mass is 9.94. The molecule has 18 heavy (non-hydrogen) atoms. The molecule has 1 N–H and O–H groups in total. The molecule has 2 amide bonds. The number of halogens is 2. The number of amides is 2. The highest BCUT2D eigenvalue weighted by Crippen LogP contribution is 2.17. The molecular formula is C11H18F2N2O3. The number of nitrogens with zero attached hydrogens (tertiary/aromatic N) is 1. The maximum absolute atomic E-state index is 12.1. The fraction of sp³-hybridized carbons (Fsp3) is 0.818. The highest BCUT2D eigenvalue weighted by Gasteiger charge is 2.41. The number of hydrogen-bond donors (Lipinski definition) is 1. The van der Waals surface area contributed by atoms with E-state index in [0.29, 0.717) is 6.42 Å². The normalized spacial score (nSPS) is 24.6. The molecule has 1 heterocycles. The first-order chi connectivity index (χ1) is 8.39. The van der Waals surface area contributed by atoms with Crippen LogP contribution in [0.5, 0.6) is 0 Å². The predicted molar refractivity (Wildman–Crippen MR) is 60.2 cm³/mol. The number of ether oxygens (including phenoxy) is 1. The van der Waals surface area contributed by atoms with Gasteiger partial charge in [-0.15, -0.1) is 0 Å². The highest BCUT2D eigenvalue weighted by atomic mass is 19.3. The van der Waals surface area contributed by atoms with E-state index >= 15 is 0 Å². The topological polar surface area (TPSA) is 58.6 Å². The summed E-state index contributed by atoms with van der Waals surface area (Å²) < 4.78 is 28.4. The average molecular weight is 264 g/mol. The number of alkyl halides is 2. The molecule has 0 aromatic rings. The number of rotatable bonds is 6. The summed E-state index contributed by atoms with van der Waals surface area (Å²) in [5, 5.41) is 2.64. The third-order valence-electron chi connectivity index (χ3n) is 2.97. The van der Waals surface area contributed by atoms with E-state index in [9.17, 15) is 18.4 Å². The van der Waals surface area contributed by atoms with Crippen LogP contribution in [0.2, 0.25) is 0 Å². The standard InChI is InChI=1S/C11H18F2N2O3/c1-3-11(2)10(17)15(6-9(16)14-11)4-5-18-7-8(12)13/h8H,3-7H2,1-2H3,(H,14,16). The summed E-state index contributed by atoms with van der Waals surface area (Å²) in [6, 6.07) is 0. The third-order valence-corrected chi connectivity index (χ3v) is 2.97. The van der Waals surface area contributed by atoms with E-state index in [1.54, 1.807) is 13.8 Å². The lowest BCUT2D eigenvalue weighted by Gasteiger charge is -2.39. The molecule has 0 aromatic heterocycles. The van der Waals surface area contributed by atoms with Crippen LogP contribution in [0.4, 0.5) is 8.78 Å². The summed E-state index contributed by atoms with van der Waals surface area (Å²) in [4.78, 5) is 24.9. The van der Waals surface area contributed by atoms with Crippen molar-refractivity contribution in [3.8, 4) is 0 Å². The lowest BCUT2D eigenvalue weighted by Crippen LogP contribution is -2.65. The zero-order valence-corrected chi connectivity index (χ0v) is 10.5. The summed E-state index contributed by atoms with van der Waals surface area (Å²) >= 11 is 0. The van der Waals surface area contributed by atoms with Gasteiger partial charge in [0.15, 0.2) is 0 Å². The van der Waals surface area contributed by atoms with Crippen LogP contribution < -0.4 is 5.32 Å². The van der Waals surface area contributed by atoms with Gasteiger partial charge in [-0.2, -0.15) is 0 Å². The Morgan fingerprint density at radius 2 is 2.17 bits per heavy atom. The number of hydrogen-bond acceptors (Lipinski definition) is 3. The fourth-order valence-corrected chi connectivity index (χ4v) is 1.76. The van der Waals surface area contributed by atoms with E-state index < -0.39 is 18.6 Å². The monoisotopic (exact) mass is 264 g/mol. The summed E-state index contributed by atoms with van der Waals surface area (Å²) in [5.74, 6) is -0.446. The summed E-state index contributed by atoms with van der Waals surface area (Å²) in [7, 11) is 0. The molecule has 1 saturated heterocycles. The SMILES string of the molecule is CCC1(C)NC(=O)CN(CCOCC(F)F)C1=O. The van der Waals surface area contributed by atoms with Crippen molar-refractivity contribution in [2.24, 2.45) is 0 Å². The molecule has 0 bridgehead atoms. The van der Waals surface area contributed by atoms with Crippen molar-refractivity contribution in [1.29, 1.82) is 0 Å². The molecule has 0 aromatic carbocycles. The van der Waals surface area contributed by atoms with Crippen molar-refractivity contribution in [3.05, 3.63) is 0 Å². The molecule has 5 nitrogen and oxygen atoms in total. The van der Waals surface area contributed by atoms with E-state index in [1.807, 2.05) is 0 Å². The molecule has 1 rings (SSSR count). The lowest BCUT2D eigenvalue weighted by molar-refractivity contribution is -0.150. The Kier molecular flexibility index (Phi) is 5.01. The maximum atomic E-state index is 12.1. The van der Waals surface area contributed by atoms with Gasteiger partial charge < -0.3 is 15.0 Å². The van der Waals surface area contributed by atoms with E-state index in [2.05, 4.69) is 5.32 Å². The Labute approximate surface area is 104 Å². The minimum atomic E-state index is -2.52. The largest absolute Gasteiger partial charge is 0.374 e. The van der Waals surface area contributed by atoms with E-state index in [4.69, 9.17) is 4.74 Å². The first-order valence-corrected chi connectivity index (χ1v) is 5.85. The fourth-order valence-electron chi connectivity index (χ4n) is 1.76. The van der Waals surface area contributed by atoms with Gasteiger partial charge in [0.1, 0.15) is 12.1 Å². The van der Waals surface area contributed by atoms with Crippen LogP contribution in [-0.2, 0) is 14.3 Å². The van der Waals surface area contributed by atoms with E-state index in [1.165, 1.54) is 4.90 Å². The van der Waals surface area contributed by atoms with Crippen molar-refractivity contribution in [1.82, 2.24) is 10.2 Å². The first kappa shape index (κ1) is 14.8. The summed E-state index contributed by atoms with van der Waals surface area (Å²) in [5.41, 5.74) is -0.905. The van der Waals surface area contributed by atoms with Crippen LogP contribution in [0.15, 0.2) is 0 Å². The Bertz CT molecular complexity index is 325. The molecule has 1 fully saturated rings. The highest BCUT2D eigenvalue weighted by molar-refractivity contribution is 5.97. The Hall–Kier alpha value is -1.24. The third kappa shape index (κ3) is 3.63. The van der Waals surface area contributed by atoms with Crippen LogP contribution in [0.3, 0.4) is 0 Å². The smallest absolute Gasteiger partial charge is 0.261 e. The van der Waals surface area contributed by atoms with Gasteiger partial charge in [0.25, 0.3) is 6.43 Å². The van der Waals surface area contributed by atoms with E-state index in [-0.39, 0.29) is 31.5 Å². The second-order valence-corrected chi connectivity index (χ2v) is 4.43. The van der Waals surface area contributed by atoms with Crippen molar-refractivity contribution in [2.45, 2.75) is 32.2 Å². The van der Waals surface area contributed by atoms with Gasteiger partial charge in [-0.05, 0) is 13.3 Å². The zero-order valence-electron chi connectivity index (χ0n) is 10.5. The Balaban J connectivity index is 2.49. The molecule has 7 heteroatoms. The van der Waals surface area contributed by atoms with Gasteiger partial charge in [-0.3, -0.25) is 9.59 Å². The van der Waals surface area contributed by atoms with Gasteiger partial charge in [0.05, 0.1) is 13.2 Å². The Morgan fingerprint density at radius 1 is 1.50 bits per heavy atom. The van der Waals surface area contributed by atoms with E-state index in [0.717, 1.165) is 0 Å². The number of piperazine rings is 1. The first-order valence-electron chi connectivity index (χ1n) is 5.85.